The number of carbonyl (C=O) groups excluding carboxylic acids is 2. The minimum atomic E-state index is -5.35. The molecule has 64 heavy (non-hydrogen) atoms. The molecular formula is C33H31Cl2F9N6O11S3. The number of halogens is 11. The lowest BCUT2D eigenvalue weighted by Crippen LogP contribution is -2.34. The van der Waals surface area contributed by atoms with Gasteiger partial charge in [0.1, 0.15) is 0 Å². The predicted octanol–water partition coefficient (Wildman–Crippen LogP) is 7.04. The fraction of sp³-hybridized carbons (Fsp3) is 0.333. The molecule has 0 bridgehead atoms. The van der Waals surface area contributed by atoms with Gasteiger partial charge in [-0.3, -0.25) is 13.2 Å². The maximum atomic E-state index is 12.9. The number of esters is 2. The van der Waals surface area contributed by atoms with Crippen LogP contribution in [-0.2, 0) is 67.7 Å². The van der Waals surface area contributed by atoms with E-state index in [4.69, 9.17) is 23.2 Å². The van der Waals surface area contributed by atoms with Crippen molar-refractivity contribution >= 4 is 76.9 Å². The van der Waals surface area contributed by atoms with Gasteiger partial charge in [-0.25, -0.2) is 46.4 Å². The fourth-order valence-corrected chi connectivity index (χ4v) is 8.21. The number of hydrogen-bond donors (Lipinski definition) is 1. The summed E-state index contributed by atoms with van der Waals surface area (Å²) in [4.78, 5) is 38.5. The minimum absolute atomic E-state index is 0.139. The summed E-state index contributed by atoms with van der Waals surface area (Å²) < 4.78 is 196. The van der Waals surface area contributed by atoms with E-state index in [0.717, 1.165) is 62.1 Å². The number of methoxy groups -OCH3 is 2. The Morgan fingerprint density at radius 1 is 0.672 bits per heavy atom. The average molecular weight is 1030 g/mol. The van der Waals surface area contributed by atoms with Crippen LogP contribution in [0.25, 0.3) is 0 Å². The Hall–Kier alpha value is -5.10. The molecule has 2 heterocycles. The first-order valence-corrected chi connectivity index (χ1v) is 22.2. The number of sulfonamides is 2. The van der Waals surface area contributed by atoms with E-state index >= 15 is 0 Å². The molecule has 0 aliphatic carbocycles. The van der Waals surface area contributed by atoms with Crippen molar-refractivity contribution < 1.29 is 88.0 Å². The number of hydrogen-bond acceptors (Lipinski definition) is 15. The first-order valence-electron chi connectivity index (χ1n) is 16.8. The number of aromatic nitrogens is 4. The van der Waals surface area contributed by atoms with E-state index in [2.05, 4.69) is 33.6 Å². The molecule has 0 atom stereocenters. The Morgan fingerprint density at radius 3 is 1.53 bits per heavy atom. The molecule has 31 heteroatoms. The summed E-state index contributed by atoms with van der Waals surface area (Å²) in [6, 6.07) is 4.74. The SMILES string of the molecule is CCN(c1nccnc1C(=O)OC)S(=O)(=O)Cc1cc(C(F)(F)F)ccc1Cl.CCOS(=O)(=O)C(F)(F)F.COC(=O)c1nccnc1NS(=O)(=O)Cc1cc(C(F)(F)F)ccc1Cl. The monoisotopic (exact) mass is 1020 g/mol. The van der Waals surface area contributed by atoms with Crippen molar-refractivity contribution in [2.24, 2.45) is 0 Å². The van der Waals surface area contributed by atoms with Crippen molar-refractivity contribution in [3.05, 3.63) is 105 Å². The second-order valence-corrected chi connectivity index (χ2v) is 17.7. The van der Waals surface area contributed by atoms with E-state index < -0.39 is 101 Å². The first-order chi connectivity index (χ1) is 29.3. The van der Waals surface area contributed by atoms with Crippen LogP contribution in [0.2, 0.25) is 10.0 Å². The van der Waals surface area contributed by atoms with Gasteiger partial charge in [-0.2, -0.15) is 47.9 Å². The molecule has 0 unspecified atom stereocenters. The largest absolute Gasteiger partial charge is 0.523 e. The molecule has 2 aromatic carbocycles. The van der Waals surface area contributed by atoms with Crippen LogP contribution in [-0.4, -0.2) is 90.0 Å². The molecule has 354 valence electrons. The Labute approximate surface area is 368 Å². The molecule has 0 saturated heterocycles. The van der Waals surface area contributed by atoms with Crippen molar-refractivity contribution in [2.75, 3.05) is 36.4 Å². The quantitative estimate of drug-likeness (QED) is 0.0613. The number of benzene rings is 2. The zero-order chi connectivity index (χ0) is 49.1. The van der Waals surface area contributed by atoms with Gasteiger partial charge in [0.25, 0.3) is 0 Å². The number of carbonyl (C=O) groups is 2. The minimum Gasteiger partial charge on any atom is -0.464 e. The van der Waals surface area contributed by atoms with Crippen LogP contribution >= 0.6 is 23.2 Å². The van der Waals surface area contributed by atoms with Crippen LogP contribution in [0.5, 0.6) is 0 Å². The lowest BCUT2D eigenvalue weighted by molar-refractivity contribution is -0.138. The summed E-state index contributed by atoms with van der Waals surface area (Å²) in [6.45, 7) is 1.97. The van der Waals surface area contributed by atoms with Crippen molar-refractivity contribution in [3.63, 3.8) is 0 Å². The highest BCUT2D eigenvalue weighted by molar-refractivity contribution is 7.92. The molecule has 4 rings (SSSR count). The van der Waals surface area contributed by atoms with Gasteiger partial charge in [-0.05, 0) is 61.4 Å². The molecule has 0 amide bonds. The topological polar surface area (TPSA) is 231 Å². The number of anilines is 2. The number of nitrogens with zero attached hydrogens (tertiary/aromatic N) is 5. The highest BCUT2D eigenvalue weighted by Crippen LogP contribution is 2.34. The first kappa shape index (κ1) is 55.0. The molecular weight excluding hydrogens is 994 g/mol. The Bertz CT molecular complexity index is 2630. The Morgan fingerprint density at radius 2 is 1.11 bits per heavy atom. The van der Waals surface area contributed by atoms with Gasteiger partial charge < -0.3 is 9.47 Å². The number of nitrogens with one attached hydrogen (secondary N) is 1. The number of ether oxygens (including phenoxy) is 2. The van der Waals surface area contributed by atoms with Crippen LogP contribution < -0.4 is 9.03 Å². The molecule has 0 saturated carbocycles. The third kappa shape index (κ3) is 15.6. The van der Waals surface area contributed by atoms with Crippen molar-refractivity contribution in [2.45, 2.75) is 43.2 Å². The Kier molecular flexibility index (Phi) is 19.1. The molecule has 17 nitrogen and oxygen atoms in total. The predicted molar refractivity (Wildman–Crippen MR) is 208 cm³/mol. The lowest BCUT2D eigenvalue weighted by Gasteiger charge is -2.23. The zero-order valence-corrected chi connectivity index (χ0v) is 36.7. The van der Waals surface area contributed by atoms with E-state index in [1.54, 1.807) is 0 Å². The molecule has 0 aliphatic heterocycles. The average Bonchev–Trinajstić information content (AvgIpc) is 3.18. The van der Waals surface area contributed by atoms with Crippen LogP contribution in [0.15, 0.2) is 61.2 Å². The van der Waals surface area contributed by atoms with Gasteiger partial charge in [-0.1, -0.05) is 23.2 Å². The van der Waals surface area contributed by atoms with Crippen LogP contribution in [0, 0.1) is 0 Å². The summed E-state index contributed by atoms with van der Waals surface area (Å²) in [5.41, 5.74) is -8.61. The molecule has 0 aliphatic rings. The molecule has 0 radical (unpaired) electrons. The van der Waals surface area contributed by atoms with Gasteiger partial charge in [0.15, 0.2) is 23.0 Å². The second-order valence-electron chi connectivity index (χ2n) is 11.7. The smallest absolute Gasteiger partial charge is 0.464 e. The van der Waals surface area contributed by atoms with E-state index in [9.17, 15) is 74.4 Å². The van der Waals surface area contributed by atoms with Crippen LogP contribution in [0.4, 0.5) is 51.1 Å². The second kappa shape index (κ2) is 22.2. The number of alkyl halides is 9. The number of rotatable bonds is 13. The molecule has 2 aromatic heterocycles. The van der Waals surface area contributed by atoms with Gasteiger partial charge in [0.2, 0.25) is 20.0 Å². The van der Waals surface area contributed by atoms with E-state index in [1.807, 2.05) is 4.72 Å². The van der Waals surface area contributed by atoms with E-state index in [0.29, 0.717) is 12.1 Å². The van der Waals surface area contributed by atoms with Gasteiger partial charge in [0.05, 0.1) is 43.5 Å². The Balaban J connectivity index is 0.000000365. The maximum absolute atomic E-state index is 12.9. The summed E-state index contributed by atoms with van der Waals surface area (Å²) in [5, 5.41) is -0.296. The summed E-state index contributed by atoms with van der Waals surface area (Å²) in [6.07, 6.45) is -4.68. The summed E-state index contributed by atoms with van der Waals surface area (Å²) in [7, 11) is -11.7. The van der Waals surface area contributed by atoms with Crippen molar-refractivity contribution in [1.82, 2.24) is 19.9 Å². The van der Waals surface area contributed by atoms with E-state index in [1.165, 1.54) is 19.3 Å². The molecule has 1 N–H and O–H groups in total. The third-order valence-electron chi connectivity index (χ3n) is 7.23. The maximum Gasteiger partial charge on any atom is 0.523 e. The molecule has 4 aromatic rings. The van der Waals surface area contributed by atoms with Crippen molar-refractivity contribution in [1.29, 1.82) is 0 Å². The van der Waals surface area contributed by atoms with Gasteiger partial charge in [-0.15, -0.1) is 0 Å². The van der Waals surface area contributed by atoms with Gasteiger partial charge in [0, 0.05) is 41.4 Å². The standard InChI is InChI=1S/C16H15ClF3N3O4S.C14H11ClF3N3O4S.C3H5F3O3S/c1-3-23(14-13(15(24)27-2)21-6-7-22-14)28(25,26)9-10-8-11(16(18,19)20)4-5-12(10)17;1-25-13(22)11-12(20-5-4-19-11)21-26(23,24)7-8-6-9(14(16,17)18)2-3-10(8)15;1-2-9-10(7,8)3(4,5)6/h4-8H,3,9H2,1-2H3;2-6H,7H2,1H3,(H,20,21);2H2,1H3. The third-order valence-corrected chi connectivity index (χ3v) is 12.1. The highest BCUT2D eigenvalue weighted by atomic mass is 35.5. The highest BCUT2D eigenvalue weighted by Gasteiger charge is 2.47. The lowest BCUT2D eigenvalue weighted by atomic mass is 10.1. The van der Waals surface area contributed by atoms with Gasteiger partial charge >= 0.3 is 39.9 Å². The van der Waals surface area contributed by atoms with Crippen molar-refractivity contribution in [3.8, 4) is 0 Å². The summed E-state index contributed by atoms with van der Waals surface area (Å²) in [5.74, 6) is -4.25. The normalized spacial score (nSPS) is 12.2. The van der Waals surface area contributed by atoms with Crippen LogP contribution in [0.3, 0.4) is 0 Å². The molecule has 0 fully saturated rings. The summed E-state index contributed by atoms with van der Waals surface area (Å²) >= 11 is 11.7. The zero-order valence-electron chi connectivity index (χ0n) is 32.7. The van der Waals surface area contributed by atoms with E-state index in [-0.39, 0.29) is 39.2 Å². The van der Waals surface area contributed by atoms with Crippen LogP contribution in [0.1, 0.15) is 57.1 Å². The fourth-order valence-electron chi connectivity index (χ4n) is 4.50. The molecule has 0 spiro atoms.